The van der Waals surface area contributed by atoms with Gasteiger partial charge in [-0.1, -0.05) is 12.1 Å². The van der Waals surface area contributed by atoms with Gasteiger partial charge in [-0.05, 0) is 64.3 Å². The molecule has 0 bridgehead atoms. The average Bonchev–Trinajstić information content (AvgIpc) is 3.21. The smallest absolute Gasteiger partial charge is 0.119 e. The van der Waals surface area contributed by atoms with E-state index in [1.54, 1.807) is 0 Å². The van der Waals surface area contributed by atoms with E-state index in [4.69, 9.17) is 4.74 Å². The molecule has 0 spiro atoms. The summed E-state index contributed by atoms with van der Waals surface area (Å²) in [6.07, 6.45) is 2.82. The van der Waals surface area contributed by atoms with Gasteiger partial charge in [-0.2, -0.15) is 0 Å². The zero-order valence-electron chi connectivity index (χ0n) is 14.0. The second-order valence-electron chi connectivity index (χ2n) is 7.30. The maximum Gasteiger partial charge on any atom is 0.119 e. The van der Waals surface area contributed by atoms with Crippen LogP contribution < -0.4 is 10.1 Å². The summed E-state index contributed by atoms with van der Waals surface area (Å²) in [6, 6.07) is 8.42. The number of ether oxygens (including phenoxy) is 1. The molecule has 0 saturated heterocycles. The molecule has 3 heteroatoms. The van der Waals surface area contributed by atoms with E-state index in [1.807, 2.05) is 0 Å². The zero-order chi connectivity index (χ0) is 15.3. The molecule has 1 saturated carbocycles. The first-order valence-electron chi connectivity index (χ1n) is 8.08. The highest BCUT2D eigenvalue weighted by Crippen LogP contribution is 2.29. The van der Waals surface area contributed by atoms with Crippen LogP contribution in [-0.2, 0) is 6.54 Å². The fraction of sp³-hybridized carbons (Fsp3) is 0.667. The molecule has 0 amide bonds. The molecule has 1 fully saturated rings. The Balaban J connectivity index is 1.66. The van der Waals surface area contributed by atoms with E-state index >= 15 is 0 Å². The van der Waals surface area contributed by atoms with Crippen molar-refractivity contribution in [2.75, 3.05) is 26.7 Å². The van der Waals surface area contributed by atoms with Crippen LogP contribution in [0.4, 0.5) is 0 Å². The molecule has 118 valence electrons. The minimum atomic E-state index is 0.154. The van der Waals surface area contributed by atoms with Crippen molar-refractivity contribution in [2.24, 2.45) is 5.92 Å². The summed E-state index contributed by atoms with van der Waals surface area (Å²) in [7, 11) is 2.18. The van der Waals surface area contributed by atoms with Crippen LogP contribution in [0.3, 0.4) is 0 Å². The largest absolute Gasteiger partial charge is 0.492 e. The van der Waals surface area contributed by atoms with E-state index in [1.165, 1.54) is 24.9 Å². The van der Waals surface area contributed by atoms with Crippen molar-refractivity contribution in [2.45, 2.75) is 45.7 Å². The Bertz CT molecular complexity index is 418. The Morgan fingerprint density at radius 2 is 1.86 bits per heavy atom. The molecule has 0 aromatic heterocycles. The van der Waals surface area contributed by atoms with Crippen LogP contribution in [0.1, 0.15) is 39.2 Å². The third-order valence-corrected chi connectivity index (χ3v) is 3.75. The Kier molecular flexibility index (Phi) is 5.65. The topological polar surface area (TPSA) is 24.5 Å². The highest BCUT2D eigenvalue weighted by Gasteiger charge is 2.22. The fourth-order valence-electron chi connectivity index (χ4n) is 2.22. The van der Waals surface area contributed by atoms with Crippen LogP contribution in [0.5, 0.6) is 5.75 Å². The van der Waals surface area contributed by atoms with Crippen molar-refractivity contribution in [3.8, 4) is 5.75 Å². The molecule has 2 rings (SSSR count). The first-order chi connectivity index (χ1) is 9.92. The molecular formula is C18H30N2O. The highest BCUT2D eigenvalue weighted by atomic mass is 16.5. The summed E-state index contributed by atoms with van der Waals surface area (Å²) in [4.78, 5) is 2.37. The van der Waals surface area contributed by atoms with Crippen LogP contribution in [0.2, 0.25) is 0 Å². The lowest BCUT2D eigenvalue weighted by Gasteiger charge is -2.20. The summed E-state index contributed by atoms with van der Waals surface area (Å²) < 4.78 is 5.82. The van der Waals surface area contributed by atoms with E-state index in [-0.39, 0.29) is 5.54 Å². The molecule has 1 N–H and O–H groups in total. The molecule has 0 atom stereocenters. The summed E-state index contributed by atoms with van der Waals surface area (Å²) in [5, 5.41) is 3.49. The van der Waals surface area contributed by atoms with Gasteiger partial charge in [0.05, 0.1) is 0 Å². The van der Waals surface area contributed by atoms with Crippen LogP contribution in [0.15, 0.2) is 24.3 Å². The lowest BCUT2D eigenvalue weighted by Crippen LogP contribution is -2.35. The molecule has 0 radical (unpaired) electrons. The molecule has 1 aliphatic carbocycles. The van der Waals surface area contributed by atoms with E-state index < -0.39 is 0 Å². The predicted octanol–water partition coefficient (Wildman–Crippen LogP) is 3.30. The van der Waals surface area contributed by atoms with Gasteiger partial charge in [0.2, 0.25) is 0 Å². The summed E-state index contributed by atoms with van der Waals surface area (Å²) in [5.74, 6) is 1.92. The molecule has 1 aromatic rings. The number of rotatable bonds is 8. The Morgan fingerprint density at radius 3 is 2.43 bits per heavy atom. The first kappa shape index (κ1) is 16.3. The molecule has 1 aromatic carbocycles. The Hall–Kier alpha value is -1.06. The maximum absolute atomic E-state index is 5.82. The average molecular weight is 290 g/mol. The standard InChI is InChI=1S/C18H30N2O/c1-18(2,3)19-13-15-7-9-17(10-8-15)21-12-11-20(4)14-16-5-6-16/h7-10,16,19H,5-6,11-14H2,1-4H3. The number of nitrogens with zero attached hydrogens (tertiary/aromatic N) is 1. The molecule has 0 heterocycles. The van der Waals surface area contributed by atoms with Gasteiger partial charge < -0.3 is 15.0 Å². The number of hydrogen-bond acceptors (Lipinski definition) is 3. The van der Waals surface area contributed by atoms with Gasteiger partial charge in [0.25, 0.3) is 0 Å². The van der Waals surface area contributed by atoms with Gasteiger partial charge in [-0.3, -0.25) is 0 Å². The third kappa shape index (κ3) is 6.96. The van der Waals surface area contributed by atoms with Crippen LogP contribution in [0.25, 0.3) is 0 Å². The second kappa shape index (κ2) is 7.28. The maximum atomic E-state index is 5.82. The second-order valence-corrected chi connectivity index (χ2v) is 7.30. The normalized spacial score (nSPS) is 15.5. The van der Waals surface area contributed by atoms with E-state index in [0.29, 0.717) is 0 Å². The van der Waals surface area contributed by atoms with Crippen LogP contribution in [0, 0.1) is 5.92 Å². The van der Waals surface area contributed by atoms with Crippen molar-refractivity contribution in [1.82, 2.24) is 10.2 Å². The summed E-state index contributed by atoms with van der Waals surface area (Å²) >= 11 is 0. The molecule has 0 aliphatic heterocycles. The number of nitrogens with one attached hydrogen (secondary N) is 1. The summed E-state index contributed by atoms with van der Waals surface area (Å²) in [6.45, 7) is 10.4. The lowest BCUT2D eigenvalue weighted by atomic mass is 10.1. The third-order valence-electron chi connectivity index (χ3n) is 3.75. The van der Waals surface area contributed by atoms with Crippen molar-refractivity contribution in [3.63, 3.8) is 0 Å². The molecule has 21 heavy (non-hydrogen) atoms. The molecule has 0 unspecified atom stereocenters. The highest BCUT2D eigenvalue weighted by molar-refractivity contribution is 5.27. The molecular weight excluding hydrogens is 260 g/mol. The zero-order valence-corrected chi connectivity index (χ0v) is 14.0. The Morgan fingerprint density at radius 1 is 1.19 bits per heavy atom. The first-order valence-corrected chi connectivity index (χ1v) is 8.08. The molecule has 3 nitrogen and oxygen atoms in total. The van der Waals surface area contributed by atoms with Crippen LogP contribution >= 0.6 is 0 Å². The number of benzene rings is 1. The van der Waals surface area contributed by atoms with Crippen molar-refractivity contribution in [3.05, 3.63) is 29.8 Å². The van der Waals surface area contributed by atoms with Gasteiger partial charge >= 0.3 is 0 Å². The van der Waals surface area contributed by atoms with E-state index in [0.717, 1.165) is 31.4 Å². The van der Waals surface area contributed by atoms with E-state index in [2.05, 4.69) is 62.3 Å². The lowest BCUT2D eigenvalue weighted by molar-refractivity contribution is 0.232. The van der Waals surface area contributed by atoms with Crippen molar-refractivity contribution in [1.29, 1.82) is 0 Å². The van der Waals surface area contributed by atoms with Gasteiger partial charge in [0.1, 0.15) is 12.4 Å². The van der Waals surface area contributed by atoms with Crippen molar-refractivity contribution >= 4 is 0 Å². The predicted molar refractivity (Wildman–Crippen MR) is 88.8 cm³/mol. The number of likely N-dealkylation sites (N-methyl/N-ethyl adjacent to an activating group) is 1. The quantitative estimate of drug-likeness (QED) is 0.795. The fourth-order valence-corrected chi connectivity index (χ4v) is 2.22. The minimum Gasteiger partial charge on any atom is -0.492 e. The van der Waals surface area contributed by atoms with Gasteiger partial charge in [-0.15, -0.1) is 0 Å². The summed E-state index contributed by atoms with van der Waals surface area (Å²) in [5.41, 5.74) is 1.45. The van der Waals surface area contributed by atoms with Gasteiger partial charge in [0, 0.05) is 25.2 Å². The molecule has 1 aliphatic rings. The minimum absolute atomic E-state index is 0.154. The van der Waals surface area contributed by atoms with Crippen molar-refractivity contribution < 1.29 is 4.74 Å². The monoisotopic (exact) mass is 290 g/mol. The Labute approximate surface area is 129 Å². The van der Waals surface area contributed by atoms with Gasteiger partial charge in [-0.25, -0.2) is 0 Å². The van der Waals surface area contributed by atoms with Crippen LogP contribution in [-0.4, -0.2) is 37.2 Å². The van der Waals surface area contributed by atoms with Gasteiger partial charge in [0.15, 0.2) is 0 Å². The number of hydrogen-bond donors (Lipinski definition) is 1. The van der Waals surface area contributed by atoms with E-state index in [9.17, 15) is 0 Å². The SMILES string of the molecule is CN(CCOc1ccc(CNC(C)(C)C)cc1)CC1CC1.